The van der Waals surface area contributed by atoms with E-state index in [4.69, 9.17) is 0 Å². The molecule has 2 N–H and O–H groups in total. The summed E-state index contributed by atoms with van der Waals surface area (Å²) in [7, 11) is 1.89. The van der Waals surface area contributed by atoms with E-state index in [9.17, 15) is 5.11 Å². The predicted octanol–water partition coefficient (Wildman–Crippen LogP) is 2.47. The quantitative estimate of drug-likeness (QED) is 0.605. The van der Waals surface area contributed by atoms with Crippen LogP contribution >= 0.6 is 11.8 Å². The number of nitrogens with one attached hydrogen (secondary N) is 1. The molecule has 0 amide bonds. The number of thioether (sulfide) groups is 1. The second-order valence-corrected chi connectivity index (χ2v) is 8.76. The van der Waals surface area contributed by atoms with Crippen molar-refractivity contribution < 1.29 is 5.11 Å². The Hall–Kier alpha value is -0.420. The standard InChI is InChI=1S/C17H31N3OS/c1-18-16(19-12-14-6-5-7-15(14)21)20-10-11-22-17(13-20)8-3-2-4-9-17/h14-15,21H,2-13H2,1H3,(H,18,19). The molecule has 0 radical (unpaired) electrons. The normalized spacial score (nSPS) is 32.5. The number of guanidine groups is 1. The number of nitrogens with zero attached hydrogens (tertiary/aromatic N) is 2. The van der Waals surface area contributed by atoms with Crippen LogP contribution in [0.4, 0.5) is 0 Å². The highest BCUT2D eigenvalue weighted by Gasteiger charge is 2.38. The van der Waals surface area contributed by atoms with E-state index in [-0.39, 0.29) is 6.10 Å². The van der Waals surface area contributed by atoms with E-state index in [1.165, 1.54) is 37.9 Å². The van der Waals surface area contributed by atoms with Crippen molar-refractivity contribution in [3.05, 3.63) is 0 Å². The Bertz CT molecular complexity index is 390. The molecule has 0 aromatic heterocycles. The Kier molecular flexibility index (Phi) is 5.55. The maximum atomic E-state index is 9.99. The third-order valence-electron chi connectivity index (χ3n) is 5.67. The van der Waals surface area contributed by atoms with Gasteiger partial charge in [0.2, 0.25) is 0 Å². The van der Waals surface area contributed by atoms with Crippen molar-refractivity contribution in [1.29, 1.82) is 0 Å². The molecule has 1 spiro atoms. The third-order valence-corrected chi connectivity index (χ3v) is 7.20. The molecule has 2 atom stereocenters. The van der Waals surface area contributed by atoms with E-state index < -0.39 is 0 Å². The molecule has 5 heteroatoms. The lowest BCUT2D eigenvalue weighted by molar-refractivity contribution is 0.133. The van der Waals surface area contributed by atoms with Gasteiger partial charge in [0.05, 0.1) is 6.10 Å². The van der Waals surface area contributed by atoms with E-state index in [1.807, 2.05) is 7.05 Å². The first-order valence-electron chi connectivity index (χ1n) is 9.00. The SMILES string of the molecule is CN=C(NCC1CCCC1O)N1CCSC2(CCCCC2)C1. The Balaban J connectivity index is 1.56. The van der Waals surface area contributed by atoms with Crippen molar-refractivity contribution in [2.24, 2.45) is 10.9 Å². The van der Waals surface area contributed by atoms with Gasteiger partial charge < -0.3 is 15.3 Å². The summed E-state index contributed by atoms with van der Waals surface area (Å²) in [5.41, 5.74) is 0. The predicted molar refractivity (Wildman–Crippen MR) is 94.6 cm³/mol. The minimum Gasteiger partial charge on any atom is -0.393 e. The molecule has 22 heavy (non-hydrogen) atoms. The lowest BCUT2D eigenvalue weighted by atomic mass is 9.87. The summed E-state index contributed by atoms with van der Waals surface area (Å²) in [5, 5.41) is 13.5. The summed E-state index contributed by atoms with van der Waals surface area (Å²) in [6.45, 7) is 3.11. The van der Waals surface area contributed by atoms with Gasteiger partial charge in [-0.15, -0.1) is 0 Å². The lowest BCUT2D eigenvalue weighted by Gasteiger charge is -2.45. The fourth-order valence-electron chi connectivity index (χ4n) is 4.33. The first-order valence-corrected chi connectivity index (χ1v) is 9.99. The van der Waals surface area contributed by atoms with Crippen LogP contribution in [-0.4, -0.2) is 59.3 Å². The van der Waals surface area contributed by atoms with Crippen LogP contribution in [0.3, 0.4) is 0 Å². The Labute approximate surface area is 139 Å². The fraction of sp³-hybridized carbons (Fsp3) is 0.941. The first kappa shape index (κ1) is 16.4. The maximum absolute atomic E-state index is 9.99. The second kappa shape index (κ2) is 7.43. The average Bonchev–Trinajstić information content (AvgIpc) is 2.94. The highest BCUT2D eigenvalue weighted by Crippen LogP contribution is 2.42. The van der Waals surface area contributed by atoms with Crippen LogP contribution in [0.5, 0.6) is 0 Å². The number of hydrogen-bond acceptors (Lipinski definition) is 3. The molecular weight excluding hydrogens is 294 g/mol. The van der Waals surface area contributed by atoms with Gasteiger partial charge in [0.25, 0.3) is 0 Å². The minimum atomic E-state index is -0.118. The number of hydrogen-bond donors (Lipinski definition) is 2. The van der Waals surface area contributed by atoms with Crippen molar-refractivity contribution >= 4 is 17.7 Å². The molecule has 0 aromatic rings. The largest absolute Gasteiger partial charge is 0.393 e. The highest BCUT2D eigenvalue weighted by molar-refractivity contribution is 8.00. The van der Waals surface area contributed by atoms with Gasteiger partial charge in [-0.25, -0.2) is 0 Å². The number of rotatable bonds is 2. The van der Waals surface area contributed by atoms with Crippen molar-refractivity contribution in [3.63, 3.8) is 0 Å². The summed E-state index contributed by atoms with van der Waals surface area (Å²) in [6.07, 6.45) is 10.1. The Morgan fingerprint density at radius 3 is 2.77 bits per heavy atom. The van der Waals surface area contributed by atoms with Crippen molar-refractivity contribution in [2.45, 2.75) is 62.2 Å². The van der Waals surface area contributed by atoms with Gasteiger partial charge in [0.1, 0.15) is 0 Å². The molecule has 1 aliphatic heterocycles. The topological polar surface area (TPSA) is 47.9 Å². The average molecular weight is 326 g/mol. The van der Waals surface area contributed by atoms with Gasteiger partial charge in [-0.1, -0.05) is 25.7 Å². The van der Waals surface area contributed by atoms with E-state index in [0.717, 1.165) is 44.9 Å². The van der Waals surface area contributed by atoms with Crippen molar-refractivity contribution in [3.8, 4) is 0 Å². The fourth-order valence-corrected chi connectivity index (χ4v) is 5.90. The molecule has 3 fully saturated rings. The molecule has 126 valence electrons. The van der Waals surface area contributed by atoms with Crippen LogP contribution in [0.2, 0.25) is 0 Å². The van der Waals surface area contributed by atoms with Crippen LogP contribution in [0.15, 0.2) is 4.99 Å². The molecule has 2 saturated carbocycles. The summed E-state index contributed by atoms with van der Waals surface area (Å²) < 4.78 is 0.473. The van der Waals surface area contributed by atoms with Crippen molar-refractivity contribution in [2.75, 3.05) is 32.4 Å². The highest BCUT2D eigenvalue weighted by atomic mass is 32.2. The molecule has 4 nitrogen and oxygen atoms in total. The van der Waals surface area contributed by atoms with Gasteiger partial charge in [-0.3, -0.25) is 4.99 Å². The molecular formula is C17H31N3OS. The zero-order chi connectivity index (χ0) is 15.4. The summed E-state index contributed by atoms with van der Waals surface area (Å²) in [4.78, 5) is 6.98. The van der Waals surface area contributed by atoms with Crippen LogP contribution in [0.25, 0.3) is 0 Å². The Morgan fingerprint density at radius 1 is 1.27 bits per heavy atom. The zero-order valence-electron chi connectivity index (χ0n) is 13.9. The molecule has 2 unspecified atom stereocenters. The van der Waals surface area contributed by atoms with E-state index in [2.05, 4.69) is 27.0 Å². The molecule has 3 rings (SSSR count). The van der Waals surface area contributed by atoms with Gasteiger partial charge in [0.15, 0.2) is 5.96 Å². The summed E-state index contributed by atoms with van der Waals surface area (Å²) in [5.74, 6) is 2.66. The zero-order valence-corrected chi connectivity index (χ0v) is 14.7. The minimum absolute atomic E-state index is 0.118. The first-order chi connectivity index (χ1) is 10.7. The molecule has 1 heterocycles. The third kappa shape index (κ3) is 3.73. The number of aliphatic hydroxyl groups is 1. The Morgan fingerprint density at radius 2 is 2.09 bits per heavy atom. The molecule has 0 aromatic carbocycles. The van der Waals surface area contributed by atoms with Gasteiger partial charge >= 0.3 is 0 Å². The molecule has 0 bridgehead atoms. The van der Waals surface area contributed by atoms with Crippen LogP contribution in [0, 0.1) is 5.92 Å². The van der Waals surface area contributed by atoms with E-state index >= 15 is 0 Å². The van der Waals surface area contributed by atoms with Crippen LogP contribution in [-0.2, 0) is 0 Å². The summed E-state index contributed by atoms with van der Waals surface area (Å²) >= 11 is 2.20. The molecule has 1 saturated heterocycles. The van der Waals surface area contributed by atoms with Gasteiger partial charge in [-0.05, 0) is 25.7 Å². The molecule has 2 aliphatic carbocycles. The van der Waals surface area contributed by atoms with Gasteiger partial charge in [0, 0.05) is 43.1 Å². The number of aliphatic hydroxyl groups excluding tert-OH is 1. The smallest absolute Gasteiger partial charge is 0.193 e. The van der Waals surface area contributed by atoms with Crippen molar-refractivity contribution in [1.82, 2.24) is 10.2 Å². The summed E-state index contributed by atoms with van der Waals surface area (Å²) in [6, 6.07) is 0. The van der Waals surface area contributed by atoms with Crippen LogP contribution < -0.4 is 5.32 Å². The maximum Gasteiger partial charge on any atom is 0.193 e. The van der Waals surface area contributed by atoms with E-state index in [1.54, 1.807) is 0 Å². The molecule has 3 aliphatic rings. The number of aliphatic imine (C=N–C) groups is 1. The van der Waals surface area contributed by atoms with Crippen LogP contribution in [0.1, 0.15) is 51.4 Å². The second-order valence-electron chi connectivity index (χ2n) is 7.20. The lowest BCUT2D eigenvalue weighted by Crippen LogP contribution is -2.54. The monoisotopic (exact) mass is 325 g/mol. The van der Waals surface area contributed by atoms with Gasteiger partial charge in [-0.2, -0.15) is 11.8 Å². The van der Waals surface area contributed by atoms with E-state index in [0.29, 0.717) is 10.7 Å².